The van der Waals surface area contributed by atoms with E-state index in [1.807, 2.05) is 24.3 Å². The first kappa shape index (κ1) is 55.8. The van der Waals surface area contributed by atoms with Crippen molar-refractivity contribution < 1.29 is 47.8 Å². The molecular weight excluding hydrogens is 780 g/mol. The van der Waals surface area contributed by atoms with Crippen LogP contribution in [0.5, 0.6) is 0 Å². The Morgan fingerprint density at radius 1 is 0.759 bits per heavy atom. The maximum absolute atomic E-state index is 12.9. The number of nitrogens with two attached hydrogens (primary N) is 2. The first-order valence-corrected chi connectivity index (χ1v) is 24.3. The quantitative estimate of drug-likeness (QED) is 0.00972. The molecule has 0 aliphatic heterocycles. The van der Waals surface area contributed by atoms with E-state index in [2.05, 4.69) is 32.1 Å². The van der Waals surface area contributed by atoms with Crippen molar-refractivity contribution in [3.8, 4) is 0 Å². The van der Waals surface area contributed by atoms with Gasteiger partial charge < -0.3 is 36.0 Å². The molecule has 0 aliphatic rings. The number of ether oxygens (including phenoxy) is 2. The van der Waals surface area contributed by atoms with E-state index in [1.54, 1.807) is 12.2 Å². The van der Waals surface area contributed by atoms with Crippen LogP contribution < -0.4 is 11.5 Å². The van der Waals surface area contributed by atoms with Crippen LogP contribution >= 0.6 is 19.6 Å². The van der Waals surface area contributed by atoms with Crippen LogP contribution in [0, 0.1) is 0 Å². The lowest BCUT2D eigenvalue weighted by atomic mass is 10.0. The van der Waals surface area contributed by atoms with Crippen LogP contribution in [-0.4, -0.2) is 82.7 Å². The molecule has 0 saturated carbocycles. The fourth-order valence-electron chi connectivity index (χ4n) is 5.60. The Balaban J connectivity index is 5.05. The van der Waals surface area contributed by atoms with E-state index in [1.165, 1.54) is 101 Å². The van der Waals surface area contributed by atoms with Crippen LogP contribution in [0.3, 0.4) is 0 Å². The second-order valence-electron chi connectivity index (χ2n) is 14.5. The number of carboxylic acids is 1. The molecule has 58 heavy (non-hydrogen) atoms. The molecule has 14 heteroatoms. The number of phosphoric ester groups is 1. The van der Waals surface area contributed by atoms with Gasteiger partial charge in [0.1, 0.15) is 12.6 Å². The average Bonchev–Trinajstić information content (AvgIpc) is 3.20. The second kappa shape index (κ2) is 40.2. The highest BCUT2D eigenvalue weighted by atomic mass is 32.2. The average molecular weight is 859 g/mol. The smallest absolute Gasteiger partial charge is 0.472 e. The Morgan fingerprint density at radius 2 is 1.36 bits per heavy atom. The predicted octanol–water partition coefficient (Wildman–Crippen LogP) is 9.85. The van der Waals surface area contributed by atoms with E-state index < -0.39 is 49.9 Å². The fraction of sp³-hybridized carbons (Fsp3) is 0.727. The third kappa shape index (κ3) is 36.8. The number of carboxylic acid groups (broad SMARTS) is 1. The van der Waals surface area contributed by atoms with Gasteiger partial charge in [-0.2, -0.15) is 0 Å². The Hall–Kier alpha value is -2.22. The van der Waals surface area contributed by atoms with Gasteiger partial charge in [-0.1, -0.05) is 146 Å². The summed E-state index contributed by atoms with van der Waals surface area (Å²) in [6.07, 6.45) is 39.3. The minimum absolute atomic E-state index is 0.0324. The molecule has 0 aromatic rings. The van der Waals surface area contributed by atoms with Gasteiger partial charge in [-0.25, -0.2) is 4.57 Å². The predicted molar refractivity (Wildman–Crippen MR) is 238 cm³/mol. The molecule has 0 bridgehead atoms. The number of phosphoric acid groups is 1. The van der Waals surface area contributed by atoms with Gasteiger partial charge in [-0.15, -0.1) is 11.8 Å². The monoisotopic (exact) mass is 859 g/mol. The molecule has 1 unspecified atom stereocenters. The zero-order valence-corrected chi connectivity index (χ0v) is 37.4. The first-order chi connectivity index (χ1) is 28.1. The van der Waals surface area contributed by atoms with E-state index in [0.29, 0.717) is 6.42 Å². The Kier molecular flexibility index (Phi) is 38.7. The first-order valence-electron chi connectivity index (χ1n) is 21.8. The summed E-state index contributed by atoms with van der Waals surface area (Å²) in [7, 11) is -4.40. The summed E-state index contributed by atoms with van der Waals surface area (Å²) in [5, 5.41) is 19.4. The molecule has 0 saturated heterocycles. The van der Waals surface area contributed by atoms with E-state index >= 15 is 0 Å². The van der Waals surface area contributed by atoms with Crippen LogP contribution in [0.15, 0.2) is 60.9 Å². The number of aliphatic hydroxyl groups excluding tert-OH is 1. The highest BCUT2D eigenvalue weighted by molar-refractivity contribution is 8.00. The highest BCUT2D eigenvalue weighted by Crippen LogP contribution is 2.43. The summed E-state index contributed by atoms with van der Waals surface area (Å²) < 4.78 is 33.3. The van der Waals surface area contributed by atoms with Gasteiger partial charge in [0.2, 0.25) is 0 Å². The van der Waals surface area contributed by atoms with Gasteiger partial charge in [0.15, 0.2) is 6.10 Å². The van der Waals surface area contributed by atoms with Crippen molar-refractivity contribution >= 4 is 31.5 Å². The molecule has 0 aromatic carbocycles. The minimum Gasteiger partial charge on any atom is -0.492 e. The van der Waals surface area contributed by atoms with Crippen LogP contribution in [0.25, 0.3) is 0 Å². The topological polar surface area (TPSA) is 201 Å². The summed E-state index contributed by atoms with van der Waals surface area (Å²) >= 11 is 1.26. The number of carbonyl (C=O) groups excluding carboxylic acids is 1. The zero-order chi connectivity index (χ0) is 43.0. The van der Waals surface area contributed by atoms with Crippen molar-refractivity contribution in [2.75, 3.05) is 32.1 Å². The third-order valence-corrected chi connectivity index (χ3v) is 11.4. The van der Waals surface area contributed by atoms with Crippen LogP contribution in [0.2, 0.25) is 0 Å². The standard InChI is InChI=1S/C44H79N2O10PS/c1-3-5-7-9-11-13-15-17-18-20-22-24-26-28-34-53-39(37-56-57(51,52)55-35-33-45)36-54-44(50)40(46)38-58-42(41(47)30-29-32-43(48)49)31-27-25-23-21-19-16-14-12-10-8-6-4-2/h12,14,19,21,23,25,27-28,31,34,39-42,47H,3-11,13,15-18,20,22,24,26,29-30,32-33,35-38,45-46H2,1-2H3,(H,48,49)(H,51,52)/b14-12-,21-19-,25-23+,31-27+,34-28+/t39-,40+,41+,42-/m1/s1. The number of thioether (sulfide) groups is 1. The molecule has 5 atom stereocenters. The van der Waals surface area contributed by atoms with Crippen LogP contribution in [-0.2, 0) is 32.7 Å². The molecule has 0 fully saturated rings. The van der Waals surface area contributed by atoms with Gasteiger partial charge in [-0.3, -0.25) is 18.6 Å². The lowest BCUT2D eigenvalue weighted by Gasteiger charge is -2.22. The van der Waals surface area contributed by atoms with Crippen molar-refractivity contribution in [2.24, 2.45) is 11.5 Å². The van der Waals surface area contributed by atoms with E-state index in [4.69, 9.17) is 35.1 Å². The molecule has 0 heterocycles. The number of hydrogen-bond acceptors (Lipinski definition) is 11. The molecule has 0 rings (SSSR count). The largest absolute Gasteiger partial charge is 0.492 e. The van der Waals surface area contributed by atoms with Gasteiger partial charge >= 0.3 is 19.8 Å². The highest BCUT2D eigenvalue weighted by Gasteiger charge is 2.26. The molecule has 336 valence electrons. The molecule has 0 spiro atoms. The number of unbranched alkanes of at least 4 members (excludes halogenated alkanes) is 15. The van der Waals surface area contributed by atoms with Crippen molar-refractivity contribution in [3.05, 3.63) is 60.9 Å². The molecular formula is C44H79N2O10PS. The lowest BCUT2D eigenvalue weighted by molar-refractivity contribution is -0.148. The summed E-state index contributed by atoms with van der Waals surface area (Å²) in [4.78, 5) is 33.9. The maximum atomic E-state index is 12.9. The summed E-state index contributed by atoms with van der Waals surface area (Å²) in [5.41, 5.74) is 11.6. The van der Waals surface area contributed by atoms with Gasteiger partial charge in [0, 0.05) is 24.0 Å². The van der Waals surface area contributed by atoms with Crippen LogP contribution in [0.1, 0.15) is 149 Å². The lowest BCUT2D eigenvalue weighted by Crippen LogP contribution is -2.38. The Labute approximate surface area is 354 Å². The SMILES string of the molecule is CCCCC/C=C\C\C=C/C=C/C=C/[C@@H](SC[C@H](N)C(=O)OC[C@H](COP(=O)(O)OCCN)O/C=C/CCCCCCCCCCCCCC)[C@@H](O)CCCC(=O)O. The van der Waals surface area contributed by atoms with Crippen molar-refractivity contribution in [3.63, 3.8) is 0 Å². The number of esters is 1. The van der Waals surface area contributed by atoms with E-state index in [9.17, 15) is 24.2 Å². The second-order valence-corrected chi connectivity index (χ2v) is 17.1. The zero-order valence-electron chi connectivity index (χ0n) is 35.7. The van der Waals surface area contributed by atoms with Gasteiger partial charge in [-0.05, 0) is 51.0 Å². The minimum atomic E-state index is -4.40. The van der Waals surface area contributed by atoms with E-state index in [0.717, 1.165) is 32.1 Å². The summed E-state index contributed by atoms with van der Waals surface area (Å²) in [5.74, 6) is -1.55. The fourth-order valence-corrected chi connectivity index (χ4v) is 7.49. The van der Waals surface area contributed by atoms with Crippen molar-refractivity contribution in [2.45, 2.75) is 172 Å². The number of aliphatic hydroxyl groups is 1. The number of allylic oxidation sites excluding steroid dienone is 8. The number of rotatable bonds is 41. The molecule has 0 amide bonds. The molecule has 12 nitrogen and oxygen atoms in total. The Morgan fingerprint density at radius 3 is 2.02 bits per heavy atom. The van der Waals surface area contributed by atoms with E-state index in [-0.39, 0.29) is 38.4 Å². The number of hydrogen-bond donors (Lipinski definition) is 5. The maximum Gasteiger partial charge on any atom is 0.472 e. The molecule has 0 aromatic heterocycles. The molecule has 0 radical (unpaired) electrons. The summed E-state index contributed by atoms with van der Waals surface area (Å²) in [6, 6.07) is -1.06. The van der Waals surface area contributed by atoms with Crippen molar-refractivity contribution in [1.29, 1.82) is 0 Å². The van der Waals surface area contributed by atoms with Crippen LogP contribution in [0.4, 0.5) is 0 Å². The number of aliphatic carboxylic acids is 1. The normalized spacial score (nSPS) is 15.5. The molecule has 0 aliphatic carbocycles. The van der Waals surface area contributed by atoms with Gasteiger partial charge in [0.25, 0.3) is 0 Å². The Bertz CT molecular complexity index is 1200. The number of carbonyl (C=O) groups is 2. The van der Waals surface area contributed by atoms with Gasteiger partial charge in [0.05, 0.1) is 25.6 Å². The summed E-state index contributed by atoms with van der Waals surface area (Å²) in [6.45, 7) is 3.59. The molecule has 7 N–H and O–H groups in total. The van der Waals surface area contributed by atoms with Crippen molar-refractivity contribution in [1.82, 2.24) is 0 Å². The third-order valence-electron chi connectivity index (χ3n) is 9.02.